The van der Waals surface area contributed by atoms with E-state index in [1.807, 2.05) is 19.1 Å². The number of ether oxygens (including phenoxy) is 1. The fourth-order valence-electron chi connectivity index (χ4n) is 3.40. The van der Waals surface area contributed by atoms with Gasteiger partial charge in [0.15, 0.2) is 0 Å². The van der Waals surface area contributed by atoms with Gasteiger partial charge in [0, 0.05) is 43.5 Å². The number of para-hydroxylation sites is 1. The molecule has 146 valence electrons. The van der Waals surface area contributed by atoms with Gasteiger partial charge in [-0.2, -0.15) is 0 Å². The van der Waals surface area contributed by atoms with E-state index in [-0.39, 0.29) is 12.0 Å². The second-order valence-electron chi connectivity index (χ2n) is 7.26. The van der Waals surface area contributed by atoms with Gasteiger partial charge in [0.2, 0.25) is 5.91 Å². The van der Waals surface area contributed by atoms with E-state index in [1.165, 1.54) is 5.56 Å². The van der Waals surface area contributed by atoms with Crippen LogP contribution in [0.1, 0.15) is 49.7 Å². The zero-order chi connectivity index (χ0) is 19.1. The number of hydrogen-bond acceptors (Lipinski definition) is 4. The highest BCUT2D eigenvalue weighted by Gasteiger charge is 2.22. The number of carbonyl (C=O) groups excluding carboxylic acids is 1. The highest BCUT2D eigenvalue weighted by Crippen LogP contribution is 2.26. The molecule has 0 fully saturated rings. The van der Waals surface area contributed by atoms with Crippen molar-refractivity contribution in [1.29, 1.82) is 0 Å². The molecular weight excluding hydrogens is 340 g/mol. The standard InChI is InChI=1S/C21H30N4O2/c1-3-4-8-18-15-25(14-17-7-5-6-9-19(17)27-18)11-10-21(26)23-13-20-22-12-16(2)24-20/h5-7,9,12,18H,3-4,8,10-11,13-15H2,1-2H3,(H,22,24)(H,23,26). The molecule has 0 radical (unpaired) electrons. The lowest BCUT2D eigenvalue weighted by Crippen LogP contribution is -2.36. The molecule has 1 aliphatic rings. The van der Waals surface area contributed by atoms with Gasteiger partial charge >= 0.3 is 0 Å². The summed E-state index contributed by atoms with van der Waals surface area (Å²) in [6, 6.07) is 8.24. The van der Waals surface area contributed by atoms with Crippen molar-refractivity contribution < 1.29 is 9.53 Å². The third-order valence-electron chi connectivity index (χ3n) is 4.87. The van der Waals surface area contributed by atoms with Crippen molar-refractivity contribution >= 4 is 5.91 Å². The monoisotopic (exact) mass is 370 g/mol. The smallest absolute Gasteiger partial charge is 0.221 e. The van der Waals surface area contributed by atoms with E-state index in [0.717, 1.165) is 56.2 Å². The molecule has 1 unspecified atom stereocenters. The Morgan fingerprint density at radius 2 is 2.26 bits per heavy atom. The molecule has 1 aromatic carbocycles. The van der Waals surface area contributed by atoms with Gasteiger partial charge in [-0.05, 0) is 25.8 Å². The summed E-state index contributed by atoms with van der Waals surface area (Å²) in [4.78, 5) is 21.9. The molecule has 0 saturated heterocycles. The Kier molecular flexibility index (Phi) is 6.87. The third kappa shape index (κ3) is 5.82. The molecule has 1 atom stereocenters. The van der Waals surface area contributed by atoms with Crippen molar-refractivity contribution in [2.75, 3.05) is 13.1 Å². The van der Waals surface area contributed by atoms with Crippen LogP contribution >= 0.6 is 0 Å². The number of nitrogens with one attached hydrogen (secondary N) is 2. The first kappa shape index (κ1) is 19.4. The average Bonchev–Trinajstić information content (AvgIpc) is 2.99. The van der Waals surface area contributed by atoms with Gasteiger partial charge in [-0.3, -0.25) is 9.69 Å². The van der Waals surface area contributed by atoms with E-state index in [4.69, 9.17) is 4.74 Å². The molecule has 2 N–H and O–H groups in total. The molecule has 1 aromatic heterocycles. The predicted molar refractivity (Wildman–Crippen MR) is 105 cm³/mol. The molecule has 1 amide bonds. The number of benzene rings is 1. The van der Waals surface area contributed by atoms with Crippen molar-refractivity contribution in [2.45, 2.75) is 58.7 Å². The number of carbonyl (C=O) groups is 1. The summed E-state index contributed by atoms with van der Waals surface area (Å²) in [5, 5.41) is 2.94. The van der Waals surface area contributed by atoms with E-state index in [0.29, 0.717) is 13.0 Å². The van der Waals surface area contributed by atoms with Crippen LogP contribution in [-0.2, 0) is 17.9 Å². The van der Waals surface area contributed by atoms with E-state index in [1.54, 1.807) is 6.20 Å². The largest absolute Gasteiger partial charge is 0.489 e. The third-order valence-corrected chi connectivity index (χ3v) is 4.87. The van der Waals surface area contributed by atoms with Crippen LogP contribution in [0.4, 0.5) is 0 Å². The van der Waals surface area contributed by atoms with Crippen LogP contribution in [0.25, 0.3) is 0 Å². The summed E-state index contributed by atoms with van der Waals surface area (Å²) in [6.07, 6.45) is 5.79. The van der Waals surface area contributed by atoms with Gasteiger partial charge < -0.3 is 15.0 Å². The molecule has 3 rings (SSSR count). The van der Waals surface area contributed by atoms with Gasteiger partial charge in [-0.15, -0.1) is 0 Å². The fraction of sp³-hybridized carbons (Fsp3) is 0.524. The van der Waals surface area contributed by atoms with Gasteiger partial charge in [-0.25, -0.2) is 4.98 Å². The second kappa shape index (κ2) is 9.55. The minimum Gasteiger partial charge on any atom is -0.489 e. The molecule has 0 bridgehead atoms. The molecule has 6 heteroatoms. The Bertz CT molecular complexity index is 743. The summed E-state index contributed by atoms with van der Waals surface area (Å²) < 4.78 is 6.25. The number of nitrogens with zero attached hydrogens (tertiary/aromatic N) is 2. The molecule has 6 nitrogen and oxygen atoms in total. The van der Waals surface area contributed by atoms with Crippen LogP contribution in [0.2, 0.25) is 0 Å². The first-order chi connectivity index (χ1) is 13.1. The first-order valence-electron chi connectivity index (χ1n) is 9.88. The van der Waals surface area contributed by atoms with E-state index >= 15 is 0 Å². The van der Waals surface area contributed by atoms with Crippen LogP contribution in [-0.4, -0.2) is 40.0 Å². The lowest BCUT2D eigenvalue weighted by atomic mass is 10.1. The Labute approximate surface area is 161 Å². The number of hydrogen-bond donors (Lipinski definition) is 2. The van der Waals surface area contributed by atoms with Gasteiger partial charge in [0.1, 0.15) is 17.7 Å². The molecule has 0 spiro atoms. The normalized spacial score (nSPS) is 17.0. The SMILES string of the molecule is CCCCC1CN(CCC(=O)NCc2ncc(C)[nH]2)Cc2ccccc2O1. The van der Waals surface area contributed by atoms with Crippen molar-refractivity contribution in [3.63, 3.8) is 0 Å². The Morgan fingerprint density at radius 1 is 1.41 bits per heavy atom. The van der Waals surface area contributed by atoms with Crippen LogP contribution in [0.15, 0.2) is 30.5 Å². The Morgan fingerprint density at radius 3 is 3.04 bits per heavy atom. The van der Waals surface area contributed by atoms with Crippen LogP contribution < -0.4 is 10.1 Å². The summed E-state index contributed by atoms with van der Waals surface area (Å²) in [7, 11) is 0. The quantitative estimate of drug-likeness (QED) is 0.749. The van der Waals surface area contributed by atoms with Crippen molar-refractivity contribution in [2.24, 2.45) is 0 Å². The molecule has 27 heavy (non-hydrogen) atoms. The minimum absolute atomic E-state index is 0.0487. The zero-order valence-electron chi connectivity index (χ0n) is 16.3. The number of aromatic nitrogens is 2. The number of aromatic amines is 1. The second-order valence-corrected chi connectivity index (χ2v) is 7.26. The maximum absolute atomic E-state index is 12.2. The number of rotatable bonds is 8. The van der Waals surface area contributed by atoms with E-state index in [9.17, 15) is 4.79 Å². The van der Waals surface area contributed by atoms with Crippen molar-refractivity contribution in [3.8, 4) is 5.75 Å². The number of aryl methyl sites for hydroxylation is 1. The molecule has 1 aliphatic heterocycles. The van der Waals surface area contributed by atoms with Gasteiger partial charge in [-0.1, -0.05) is 31.5 Å². The summed E-state index contributed by atoms with van der Waals surface area (Å²) in [6.45, 7) is 7.00. The van der Waals surface area contributed by atoms with Gasteiger partial charge in [0.25, 0.3) is 0 Å². The molecular formula is C21H30N4O2. The maximum atomic E-state index is 12.2. The predicted octanol–water partition coefficient (Wildman–Crippen LogP) is 3.18. The van der Waals surface area contributed by atoms with Crippen LogP contribution in [0.5, 0.6) is 5.75 Å². The van der Waals surface area contributed by atoms with E-state index < -0.39 is 0 Å². The number of fused-ring (bicyclic) bond motifs is 1. The highest BCUT2D eigenvalue weighted by atomic mass is 16.5. The van der Waals surface area contributed by atoms with Crippen molar-refractivity contribution in [1.82, 2.24) is 20.2 Å². The summed E-state index contributed by atoms with van der Waals surface area (Å²) in [5.41, 5.74) is 2.20. The lowest BCUT2D eigenvalue weighted by Gasteiger charge is -2.23. The maximum Gasteiger partial charge on any atom is 0.221 e. The number of unbranched alkanes of at least 4 members (excludes halogenated alkanes) is 1. The van der Waals surface area contributed by atoms with Gasteiger partial charge in [0.05, 0.1) is 6.54 Å². The zero-order valence-corrected chi connectivity index (χ0v) is 16.3. The van der Waals surface area contributed by atoms with Crippen LogP contribution in [0, 0.1) is 6.92 Å². The number of amides is 1. The highest BCUT2D eigenvalue weighted by molar-refractivity contribution is 5.75. The minimum atomic E-state index is 0.0487. The average molecular weight is 370 g/mol. The Balaban J connectivity index is 1.53. The van der Waals surface area contributed by atoms with Crippen LogP contribution in [0.3, 0.4) is 0 Å². The number of imidazole rings is 1. The fourth-order valence-corrected chi connectivity index (χ4v) is 3.40. The molecule has 0 aliphatic carbocycles. The molecule has 2 heterocycles. The molecule has 0 saturated carbocycles. The summed E-state index contributed by atoms with van der Waals surface area (Å²) in [5.74, 6) is 1.82. The first-order valence-corrected chi connectivity index (χ1v) is 9.88. The lowest BCUT2D eigenvalue weighted by molar-refractivity contribution is -0.121. The summed E-state index contributed by atoms with van der Waals surface area (Å²) >= 11 is 0. The van der Waals surface area contributed by atoms with E-state index in [2.05, 4.69) is 39.2 Å². The van der Waals surface area contributed by atoms with Crippen molar-refractivity contribution in [3.05, 3.63) is 47.5 Å². The topological polar surface area (TPSA) is 70.2 Å². The number of H-pyrrole nitrogens is 1. The molecule has 2 aromatic rings. The Hall–Kier alpha value is -2.34.